The number of hydrogen-bond acceptors (Lipinski definition) is 4. The van der Waals surface area contributed by atoms with Gasteiger partial charge in [-0.25, -0.2) is 8.42 Å². The number of sulfonamides is 1. The van der Waals surface area contributed by atoms with Gasteiger partial charge in [0.2, 0.25) is 10.0 Å². The van der Waals surface area contributed by atoms with E-state index in [1.807, 2.05) is 0 Å². The highest BCUT2D eigenvalue weighted by molar-refractivity contribution is 7.89. The molecule has 1 N–H and O–H groups in total. The van der Waals surface area contributed by atoms with Gasteiger partial charge in [0, 0.05) is 19.2 Å². The van der Waals surface area contributed by atoms with Crippen molar-refractivity contribution in [3.63, 3.8) is 0 Å². The van der Waals surface area contributed by atoms with Crippen molar-refractivity contribution in [2.45, 2.75) is 43.6 Å². The van der Waals surface area contributed by atoms with Crippen LogP contribution in [0.15, 0.2) is 23.1 Å². The molecule has 1 aromatic rings. The van der Waals surface area contributed by atoms with Crippen molar-refractivity contribution in [1.29, 1.82) is 0 Å². The van der Waals surface area contributed by atoms with Crippen LogP contribution in [0.3, 0.4) is 0 Å². The summed E-state index contributed by atoms with van der Waals surface area (Å²) in [4.78, 5) is 11.8. The molecular formula is C15H20N2O4S. The highest BCUT2D eigenvalue weighted by atomic mass is 32.2. The van der Waals surface area contributed by atoms with Gasteiger partial charge in [0.05, 0.1) is 10.6 Å². The highest BCUT2D eigenvalue weighted by Gasteiger charge is 2.29. The van der Waals surface area contributed by atoms with Gasteiger partial charge in [-0.3, -0.25) is 4.79 Å². The van der Waals surface area contributed by atoms with Crippen molar-refractivity contribution in [3.05, 3.63) is 18.2 Å². The monoisotopic (exact) mass is 324 g/mol. The van der Waals surface area contributed by atoms with Crippen molar-refractivity contribution in [2.24, 2.45) is 0 Å². The lowest BCUT2D eigenvalue weighted by Crippen LogP contribution is -2.35. The van der Waals surface area contributed by atoms with Crippen LogP contribution in [0.4, 0.5) is 5.69 Å². The molecule has 2 aliphatic rings. The summed E-state index contributed by atoms with van der Waals surface area (Å²) >= 11 is 0. The van der Waals surface area contributed by atoms with Crippen LogP contribution in [0.1, 0.15) is 32.6 Å². The Kier molecular flexibility index (Phi) is 4.10. The van der Waals surface area contributed by atoms with Crippen molar-refractivity contribution >= 4 is 21.6 Å². The largest absolute Gasteiger partial charge is 0.479 e. The van der Waals surface area contributed by atoms with E-state index >= 15 is 0 Å². The van der Waals surface area contributed by atoms with E-state index in [4.69, 9.17) is 4.74 Å². The number of ether oxygens (including phenoxy) is 1. The maximum atomic E-state index is 12.8. The number of amides is 1. The molecule has 1 atom stereocenters. The Balaban J connectivity index is 1.91. The zero-order valence-electron chi connectivity index (χ0n) is 12.5. The molecule has 0 radical (unpaired) electrons. The van der Waals surface area contributed by atoms with Crippen LogP contribution < -0.4 is 10.1 Å². The molecule has 2 aliphatic heterocycles. The van der Waals surface area contributed by atoms with Gasteiger partial charge in [-0.15, -0.1) is 0 Å². The number of fused-ring (bicyclic) bond motifs is 1. The zero-order chi connectivity index (χ0) is 15.7. The van der Waals surface area contributed by atoms with Crippen LogP contribution in [-0.4, -0.2) is 37.8 Å². The lowest BCUT2D eigenvalue weighted by molar-refractivity contribution is -0.122. The molecule has 0 spiro atoms. The van der Waals surface area contributed by atoms with Gasteiger partial charge in [0.25, 0.3) is 5.91 Å². The lowest BCUT2D eigenvalue weighted by atomic mass is 10.2. The summed E-state index contributed by atoms with van der Waals surface area (Å²) in [5.41, 5.74) is 0.512. The van der Waals surface area contributed by atoms with Gasteiger partial charge < -0.3 is 10.1 Å². The van der Waals surface area contributed by atoms with Crippen molar-refractivity contribution in [1.82, 2.24) is 4.31 Å². The van der Waals surface area contributed by atoms with Crippen LogP contribution in [0.2, 0.25) is 0 Å². The quantitative estimate of drug-likeness (QED) is 0.902. The fraction of sp³-hybridized carbons (Fsp3) is 0.533. The summed E-state index contributed by atoms with van der Waals surface area (Å²) in [6, 6.07) is 4.62. The standard InChI is InChI=1S/C15H20N2O4S/c1-11-15(18)16-13-7-6-12(10-14(13)21-11)22(19,20)17-8-4-2-3-5-9-17/h6-7,10-11H,2-5,8-9H2,1H3,(H,16,18)/t11-/m0/s1. The fourth-order valence-corrected chi connectivity index (χ4v) is 4.31. The maximum absolute atomic E-state index is 12.8. The number of carbonyl (C=O) groups is 1. The van der Waals surface area contributed by atoms with Gasteiger partial charge in [0.15, 0.2) is 6.10 Å². The second-order valence-corrected chi connectivity index (χ2v) is 7.66. The van der Waals surface area contributed by atoms with E-state index in [0.29, 0.717) is 24.5 Å². The molecule has 0 unspecified atom stereocenters. The molecule has 0 bridgehead atoms. The SMILES string of the molecule is C[C@@H]1Oc2cc(S(=O)(=O)N3CCCCCC3)ccc2NC1=O. The first-order valence-corrected chi connectivity index (χ1v) is 9.04. The third kappa shape index (κ3) is 2.83. The molecule has 22 heavy (non-hydrogen) atoms. The number of carbonyl (C=O) groups excluding carboxylic acids is 1. The minimum absolute atomic E-state index is 0.219. The first-order valence-electron chi connectivity index (χ1n) is 7.60. The summed E-state index contributed by atoms with van der Waals surface area (Å²) < 4.78 is 32.6. The molecular weight excluding hydrogens is 304 g/mol. The average molecular weight is 324 g/mol. The highest BCUT2D eigenvalue weighted by Crippen LogP contribution is 2.33. The Labute approximate surface area is 130 Å². The molecule has 1 saturated heterocycles. The molecule has 0 saturated carbocycles. The molecule has 2 heterocycles. The smallest absolute Gasteiger partial charge is 0.265 e. The van der Waals surface area contributed by atoms with Gasteiger partial charge in [-0.2, -0.15) is 4.31 Å². The Morgan fingerprint density at radius 1 is 1.18 bits per heavy atom. The third-order valence-electron chi connectivity index (χ3n) is 4.09. The van der Waals surface area contributed by atoms with Crippen molar-refractivity contribution < 1.29 is 17.9 Å². The lowest BCUT2D eigenvalue weighted by Gasteiger charge is -2.25. The van der Waals surface area contributed by atoms with Crippen molar-refractivity contribution in [3.8, 4) is 5.75 Å². The fourth-order valence-electron chi connectivity index (χ4n) is 2.77. The minimum Gasteiger partial charge on any atom is -0.479 e. The summed E-state index contributed by atoms with van der Waals surface area (Å²) in [5.74, 6) is 0.179. The van der Waals surface area contributed by atoms with Gasteiger partial charge >= 0.3 is 0 Å². The minimum atomic E-state index is -3.51. The van der Waals surface area contributed by atoms with Gasteiger partial charge in [-0.05, 0) is 31.9 Å². The Hall–Kier alpha value is -1.60. The Morgan fingerprint density at radius 2 is 1.86 bits per heavy atom. The number of benzene rings is 1. The first-order chi connectivity index (χ1) is 10.5. The second-order valence-electron chi connectivity index (χ2n) is 5.73. The Morgan fingerprint density at radius 3 is 2.55 bits per heavy atom. The Bertz CT molecular complexity index is 679. The number of rotatable bonds is 2. The van der Waals surface area contributed by atoms with E-state index in [2.05, 4.69) is 5.32 Å². The summed E-state index contributed by atoms with van der Waals surface area (Å²) in [6.07, 6.45) is 3.32. The van der Waals surface area contributed by atoms with E-state index in [-0.39, 0.29) is 10.8 Å². The molecule has 7 heteroatoms. The van der Waals surface area contributed by atoms with E-state index in [9.17, 15) is 13.2 Å². The summed E-state index contributed by atoms with van der Waals surface area (Å²) in [6.45, 7) is 2.76. The van der Waals surface area contributed by atoms with Crippen LogP contribution in [0.5, 0.6) is 5.75 Å². The van der Waals surface area contributed by atoms with Crippen LogP contribution >= 0.6 is 0 Å². The van der Waals surface area contributed by atoms with E-state index in [1.165, 1.54) is 12.1 Å². The normalized spacial score (nSPS) is 23.1. The molecule has 120 valence electrons. The molecule has 6 nitrogen and oxygen atoms in total. The number of hydrogen-bond donors (Lipinski definition) is 1. The summed E-state index contributed by atoms with van der Waals surface area (Å²) in [7, 11) is -3.51. The molecule has 1 fully saturated rings. The zero-order valence-corrected chi connectivity index (χ0v) is 13.4. The van der Waals surface area contributed by atoms with Gasteiger partial charge in [0.1, 0.15) is 5.75 Å². The maximum Gasteiger partial charge on any atom is 0.265 e. The summed E-state index contributed by atoms with van der Waals surface area (Å²) in [5, 5.41) is 2.71. The molecule has 1 aromatic carbocycles. The first kappa shape index (κ1) is 15.3. The third-order valence-corrected chi connectivity index (χ3v) is 5.98. The molecule has 1 amide bonds. The molecule has 0 aromatic heterocycles. The van der Waals surface area contributed by atoms with Crippen molar-refractivity contribution in [2.75, 3.05) is 18.4 Å². The molecule has 3 rings (SSSR count). The topological polar surface area (TPSA) is 75.7 Å². The van der Waals surface area contributed by atoms with E-state index in [0.717, 1.165) is 25.7 Å². The van der Waals surface area contributed by atoms with E-state index < -0.39 is 16.1 Å². The predicted molar refractivity (Wildman–Crippen MR) is 82.4 cm³/mol. The van der Waals surface area contributed by atoms with Crippen LogP contribution in [-0.2, 0) is 14.8 Å². The van der Waals surface area contributed by atoms with Crippen LogP contribution in [0, 0.1) is 0 Å². The number of nitrogens with one attached hydrogen (secondary N) is 1. The predicted octanol–water partition coefficient (Wildman–Crippen LogP) is 1.97. The number of anilines is 1. The molecule has 0 aliphatic carbocycles. The average Bonchev–Trinajstić information content (AvgIpc) is 2.77. The number of nitrogens with zero attached hydrogens (tertiary/aromatic N) is 1. The van der Waals surface area contributed by atoms with Crippen LogP contribution in [0.25, 0.3) is 0 Å². The van der Waals surface area contributed by atoms with Gasteiger partial charge in [-0.1, -0.05) is 12.8 Å². The second kappa shape index (κ2) is 5.89. The van der Waals surface area contributed by atoms with E-state index in [1.54, 1.807) is 17.3 Å².